The topological polar surface area (TPSA) is 61.4 Å². The number of aliphatic hydroxyl groups excluding tert-OH is 1. The molecule has 94 valence electrons. The monoisotopic (exact) mass is 228 g/mol. The van der Waals surface area contributed by atoms with Gasteiger partial charge in [-0.05, 0) is 25.3 Å². The fourth-order valence-corrected chi connectivity index (χ4v) is 2.21. The molecule has 4 heteroatoms. The summed E-state index contributed by atoms with van der Waals surface area (Å²) in [7, 11) is 0. The van der Waals surface area contributed by atoms with Gasteiger partial charge in [0.2, 0.25) is 5.91 Å². The number of nitrogens with one attached hydrogen (secondary N) is 2. The van der Waals surface area contributed by atoms with Gasteiger partial charge in [-0.3, -0.25) is 4.79 Å². The zero-order valence-corrected chi connectivity index (χ0v) is 10.5. The maximum atomic E-state index is 12.1. The van der Waals surface area contributed by atoms with Crippen molar-refractivity contribution in [2.75, 3.05) is 19.7 Å². The molecule has 1 heterocycles. The van der Waals surface area contributed by atoms with Gasteiger partial charge in [0.25, 0.3) is 0 Å². The highest BCUT2D eigenvalue weighted by Gasteiger charge is 2.34. The van der Waals surface area contributed by atoms with E-state index in [-0.39, 0.29) is 18.4 Å². The van der Waals surface area contributed by atoms with Gasteiger partial charge in [0.15, 0.2) is 0 Å². The molecule has 0 radical (unpaired) electrons. The molecule has 1 saturated heterocycles. The average molecular weight is 228 g/mol. The van der Waals surface area contributed by atoms with Crippen LogP contribution < -0.4 is 10.6 Å². The van der Waals surface area contributed by atoms with Crippen molar-refractivity contribution in [2.24, 2.45) is 11.8 Å². The lowest BCUT2D eigenvalue weighted by atomic mass is 9.90. The Balaban J connectivity index is 2.61. The summed E-state index contributed by atoms with van der Waals surface area (Å²) in [6, 6.07) is 0. The van der Waals surface area contributed by atoms with E-state index in [9.17, 15) is 9.90 Å². The third-order valence-corrected chi connectivity index (χ3v) is 3.90. The molecule has 1 amide bonds. The van der Waals surface area contributed by atoms with Crippen LogP contribution in [0.1, 0.15) is 33.6 Å². The molecule has 4 nitrogen and oxygen atoms in total. The van der Waals surface area contributed by atoms with Gasteiger partial charge in [-0.15, -0.1) is 0 Å². The first-order chi connectivity index (χ1) is 7.58. The average Bonchev–Trinajstić information content (AvgIpc) is 2.72. The molecule has 1 fully saturated rings. The Morgan fingerprint density at radius 3 is 2.44 bits per heavy atom. The Labute approximate surface area is 97.8 Å². The zero-order chi connectivity index (χ0) is 12.2. The van der Waals surface area contributed by atoms with Gasteiger partial charge in [0, 0.05) is 6.54 Å². The Morgan fingerprint density at radius 2 is 2.06 bits per heavy atom. The molecule has 0 aromatic carbocycles. The van der Waals surface area contributed by atoms with Crippen LogP contribution in [0.4, 0.5) is 0 Å². The minimum atomic E-state index is -0.431. The van der Waals surface area contributed by atoms with Gasteiger partial charge in [-0.1, -0.05) is 20.8 Å². The van der Waals surface area contributed by atoms with E-state index in [0.29, 0.717) is 5.92 Å². The van der Waals surface area contributed by atoms with Crippen molar-refractivity contribution in [3.63, 3.8) is 0 Å². The van der Waals surface area contributed by atoms with Gasteiger partial charge in [0.1, 0.15) is 0 Å². The Morgan fingerprint density at radius 1 is 1.44 bits per heavy atom. The van der Waals surface area contributed by atoms with Crippen LogP contribution in [0.25, 0.3) is 0 Å². The lowest BCUT2D eigenvalue weighted by molar-refractivity contribution is -0.128. The number of rotatable bonds is 5. The van der Waals surface area contributed by atoms with Crippen LogP contribution in [-0.2, 0) is 4.79 Å². The SMILES string of the molecule is CCC(CC)(CO)NC(=O)[C@@H]1CNC[C@H]1C. The van der Waals surface area contributed by atoms with Crippen LogP contribution in [0.3, 0.4) is 0 Å². The molecule has 3 N–H and O–H groups in total. The summed E-state index contributed by atoms with van der Waals surface area (Å²) in [5, 5.41) is 15.6. The van der Waals surface area contributed by atoms with Crippen molar-refractivity contribution < 1.29 is 9.90 Å². The van der Waals surface area contributed by atoms with Crippen LogP contribution in [0.2, 0.25) is 0 Å². The Hall–Kier alpha value is -0.610. The molecule has 0 aliphatic carbocycles. The van der Waals surface area contributed by atoms with Crippen LogP contribution in [0.5, 0.6) is 0 Å². The van der Waals surface area contributed by atoms with E-state index in [2.05, 4.69) is 17.6 Å². The summed E-state index contributed by atoms with van der Waals surface area (Å²) in [4.78, 5) is 12.1. The smallest absolute Gasteiger partial charge is 0.225 e. The second-order valence-corrected chi connectivity index (χ2v) is 4.88. The van der Waals surface area contributed by atoms with Crippen molar-refractivity contribution in [1.29, 1.82) is 0 Å². The van der Waals surface area contributed by atoms with Crippen molar-refractivity contribution in [1.82, 2.24) is 10.6 Å². The molecule has 1 rings (SSSR count). The van der Waals surface area contributed by atoms with Crippen molar-refractivity contribution >= 4 is 5.91 Å². The lowest BCUT2D eigenvalue weighted by Gasteiger charge is -2.32. The van der Waals surface area contributed by atoms with E-state index in [4.69, 9.17) is 0 Å². The van der Waals surface area contributed by atoms with Gasteiger partial charge in [-0.2, -0.15) is 0 Å². The summed E-state index contributed by atoms with van der Waals surface area (Å²) in [5.74, 6) is 0.504. The molecule has 0 aromatic rings. The Bertz CT molecular complexity index is 231. The van der Waals surface area contributed by atoms with Gasteiger partial charge < -0.3 is 15.7 Å². The van der Waals surface area contributed by atoms with E-state index in [1.54, 1.807) is 0 Å². The number of amides is 1. The number of hydrogen-bond acceptors (Lipinski definition) is 3. The normalized spacial score (nSPS) is 25.8. The highest BCUT2D eigenvalue weighted by molar-refractivity contribution is 5.80. The Kier molecular flexibility index (Phi) is 4.74. The maximum Gasteiger partial charge on any atom is 0.225 e. The summed E-state index contributed by atoms with van der Waals surface area (Å²) < 4.78 is 0. The quantitative estimate of drug-likeness (QED) is 0.642. The van der Waals surface area contributed by atoms with Crippen molar-refractivity contribution in [3.05, 3.63) is 0 Å². The maximum absolute atomic E-state index is 12.1. The molecule has 1 aliphatic rings. The molecular formula is C12H24N2O2. The number of carbonyl (C=O) groups excluding carboxylic acids is 1. The summed E-state index contributed by atoms with van der Waals surface area (Å²) in [6.07, 6.45) is 1.53. The predicted molar refractivity (Wildman–Crippen MR) is 64.1 cm³/mol. The van der Waals surface area contributed by atoms with Gasteiger partial charge >= 0.3 is 0 Å². The third-order valence-electron chi connectivity index (χ3n) is 3.90. The zero-order valence-electron chi connectivity index (χ0n) is 10.5. The fourth-order valence-electron chi connectivity index (χ4n) is 2.21. The fraction of sp³-hybridized carbons (Fsp3) is 0.917. The first-order valence-corrected chi connectivity index (χ1v) is 6.22. The molecule has 0 unspecified atom stereocenters. The molecule has 2 atom stereocenters. The second kappa shape index (κ2) is 5.64. The summed E-state index contributed by atoms with van der Waals surface area (Å²) in [6.45, 7) is 7.75. The molecule has 0 spiro atoms. The second-order valence-electron chi connectivity index (χ2n) is 4.88. The first kappa shape index (κ1) is 13.5. The van der Waals surface area contributed by atoms with Crippen molar-refractivity contribution in [3.8, 4) is 0 Å². The van der Waals surface area contributed by atoms with Gasteiger partial charge in [0.05, 0.1) is 18.1 Å². The van der Waals surface area contributed by atoms with Crippen molar-refractivity contribution in [2.45, 2.75) is 39.2 Å². The summed E-state index contributed by atoms with van der Waals surface area (Å²) >= 11 is 0. The van der Waals surface area contributed by atoms with Crippen LogP contribution in [-0.4, -0.2) is 36.2 Å². The van der Waals surface area contributed by atoms with E-state index in [1.165, 1.54) is 0 Å². The lowest BCUT2D eigenvalue weighted by Crippen LogP contribution is -2.53. The predicted octanol–water partition coefficient (Wildman–Crippen LogP) is 0.509. The number of aliphatic hydroxyl groups is 1. The van der Waals surface area contributed by atoms with Gasteiger partial charge in [-0.25, -0.2) is 0 Å². The largest absolute Gasteiger partial charge is 0.394 e. The minimum absolute atomic E-state index is 0.0142. The van der Waals surface area contributed by atoms with E-state index >= 15 is 0 Å². The van der Waals surface area contributed by atoms with E-state index < -0.39 is 5.54 Å². The molecule has 0 aromatic heterocycles. The minimum Gasteiger partial charge on any atom is -0.394 e. The van der Waals surface area contributed by atoms with E-state index in [0.717, 1.165) is 25.9 Å². The van der Waals surface area contributed by atoms with E-state index in [1.807, 2.05) is 13.8 Å². The van der Waals surface area contributed by atoms with Crippen LogP contribution in [0, 0.1) is 11.8 Å². The molecule has 1 aliphatic heterocycles. The molecule has 0 bridgehead atoms. The first-order valence-electron chi connectivity index (χ1n) is 6.22. The molecular weight excluding hydrogens is 204 g/mol. The molecule has 16 heavy (non-hydrogen) atoms. The third kappa shape index (κ3) is 2.74. The number of carbonyl (C=O) groups is 1. The highest BCUT2D eigenvalue weighted by Crippen LogP contribution is 2.20. The standard InChI is InChI=1S/C12H24N2O2/c1-4-12(5-2,8-15)14-11(16)10-7-13-6-9(10)3/h9-10,13,15H,4-8H2,1-3H3,(H,14,16)/t9-,10-/m1/s1. The highest BCUT2D eigenvalue weighted by atomic mass is 16.3. The van der Waals surface area contributed by atoms with Crippen LogP contribution in [0.15, 0.2) is 0 Å². The van der Waals surface area contributed by atoms with Crippen LogP contribution >= 0.6 is 0 Å². The number of hydrogen-bond donors (Lipinski definition) is 3. The summed E-state index contributed by atoms with van der Waals surface area (Å²) in [5.41, 5.74) is -0.431. The molecule has 0 saturated carbocycles.